The average molecular weight is 313 g/mol. The molecule has 8 heteroatoms. The smallest absolute Gasteiger partial charge is 0.295 e. The van der Waals surface area contributed by atoms with Crippen LogP contribution in [0, 0.1) is 22.0 Å². The number of nitrogens with one attached hydrogen (secondary N) is 1. The first kappa shape index (κ1) is 15.5. The number of nitro groups is 1. The molecular formula is C13H17ClN4O3. The number of nitro benzene ring substituents is 1. The lowest BCUT2D eigenvalue weighted by Crippen LogP contribution is -2.29. The van der Waals surface area contributed by atoms with Gasteiger partial charge in [0, 0.05) is 25.2 Å². The topological polar surface area (TPSA) is 102 Å². The summed E-state index contributed by atoms with van der Waals surface area (Å²) in [4.78, 5) is 24.3. The first-order valence-corrected chi connectivity index (χ1v) is 6.93. The highest BCUT2D eigenvalue weighted by molar-refractivity contribution is 6.34. The molecule has 1 amide bonds. The van der Waals surface area contributed by atoms with E-state index in [1.54, 1.807) is 11.9 Å². The SMILES string of the molecule is CC1CC1CN(C)C(=O)c1cc(Cl)c(NN)c([N+](=O)[O-])c1. The maximum atomic E-state index is 12.3. The summed E-state index contributed by atoms with van der Waals surface area (Å²) in [6, 6.07) is 2.58. The van der Waals surface area contributed by atoms with Crippen LogP contribution in [-0.4, -0.2) is 29.3 Å². The van der Waals surface area contributed by atoms with Gasteiger partial charge in [0.15, 0.2) is 0 Å². The molecule has 1 aliphatic carbocycles. The molecule has 1 aromatic carbocycles. The molecule has 0 aromatic heterocycles. The third-order valence-electron chi connectivity index (χ3n) is 3.79. The van der Waals surface area contributed by atoms with Crippen LogP contribution in [0.15, 0.2) is 12.1 Å². The highest BCUT2D eigenvalue weighted by atomic mass is 35.5. The van der Waals surface area contributed by atoms with E-state index < -0.39 is 4.92 Å². The van der Waals surface area contributed by atoms with Crippen LogP contribution in [0.2, 0.25) is 5.02 Å². The predicted octanol–water partition coefficient (Wildman–Crippen LogP) is 2.26. The number of halogens is 1. The molecule has 3 N–H and O–H groups in total. The normalized spacial score (nSPS) is 20.0. The van der Waals surface area contributed by atoms with E-state index in [0.717, 1.165) is 6.42 Å². The van der Waals surface area contributed by atoms with Crippen LogP contribution in [0.1, 0.15) is 23.7 Å². The van der Waals surface area contributed by atoms with Crippen molar-refractivity contribution in [3.8, 4) is 0 Å². The molecule has 2 unspecified atom stereocenters. The van der Waals surface area contributed by atoms with Crippen LogP contribution in [0.25, 0.3) is 0 Å². The molecule has 2 rings (SSSR count). The van der Waals surface area contributed by atoms with Gasteiger partial charge in [-0.2, -0.15) is 0 Å². The van der Waals surface area contributed by atoms with Crippen LogP contribution < -0.4 is 11.3 Å². The van der Waals surface area contributed by atoms with Crippen LogP contribution in [0.3, 0.4) is 0 Å². The van der Waals surface area contributed by atoms with Crippen LogP contribution in [0.4, 0.5) is 11.4 Å². The van der Waals surface area contributed by atoms with Crippen molar-refractivity contribution in [2.75, 3.05) is 19.0 Å². The first-order valence-electron chi connectivity index (χ1n) is 6.55. The second-order valence-corrected chi connectivity index (χ2v) is 5.82. The molecule has 1 saturated carbocycles. The van der Waals surface area contributed by atoms with Crippen molar-refractivity contribution in [2.24, 2.45) is 17.7 Å². The van der Waals surface area contributed by atoms with Gasteiger partial charge in [0.2, 0.25) is 0 Å². The lowest BCUT2D eigenvalue weighted by atomic mass is 10.1. The van der Waals surface area contributed by atoms with E-state index in [9.17, 15) is 14.9 Å². The van der Waals surface area contributed by atoms with E-state index in [1.807, 2.05) is 0 Å². The molecular weight excluding hydrogens is 296 g/mol. The third kappa shape index (κ3) is 3.25. The molecule has 2 atom stereocenters. The van der Waals surface area contributed by atoms with Crippen molar-refractivity contribution in [3.63, 3.8) is 0 Å². The van der Waals surface area contributed by atoms with Gasteiger partial charge in [0.05, 0.1) is 9.95 Å². The maximum absolute atomic E-state index is 12.3. The van der Waals surface area contributed by atoms with Gasteiger partial charge in [-0.05, 0) is 24.3 Å². The Labute approximate surface area is 127 Å². The number of hydrazine groups is 1. The largest absolute Gasteiger partial charge is 0.341 e. The first-order chi connectivity index (χ1) is 9.85. The minimum absolute atomic E-state index is 0.00307. The number of amides is 1. The number of carbonyl (C=O) groups excluding carboxylic acids is 1. The fourth-order valence-corrected chi connectivity index (χ4v) is 2.58. The number of carbonyl (C=O) groups is 1. The Hall–Kier alpha value is -1.86. The van der Waals surface area contributed by atoms with Gasteiger partial charge in [-0.3, -0.25) is 20.8 Å². The summed E-state index contributed by atoms with van der Waals surface area (Å²) in [6.07, 6.45) is 1.11. The predicted molar refractivity (Wildman–Crippen MR) is 80.1 cm³/mol. The van der Waals surface area contributed by atoms with Crippen molar-refractivity contribution < 1.29 is 9.72 Å². The highest BCUT2D eigenvalue weighted by Gasteiger charge is 2.34. The number of rotatable bonds is 5. The second kappa shape index (κ2) is 5.87. The van der Waals surface area contributed by atoms with Gasteiger partial charge >= 0.3 is 0 Å². The summed E-state index contributed by atoms with van der Waals surface area (Å²) in [5.74, 6) is 6.08. The van der Waals surface area contributed by atoms with E-state index in [-0.39, 0.29) is 27.9 Å². The zero-order valence-corrected chi connectivity index (χ0v) is 12.6. The standard InChI is InChI=1S/C13H17ClN4O3/c1-7-3-9(7)6-17(2)13(19)8-4-10(14)12(16-15)11(5-8)18(20)21/h4-5,7,9,16H,3,6,15H2,1-2H3. The van der Waals surface area contributed by atoms with Crippen LogP contribution in [-0.2, 0) is 0 Å². The van der Waals surface area contributed by atoms with Crippen molar-refractivity contribution >= 4 is 28.9 Å². The summed E-state index contributed by atoms with van der Waals surface area (Å²) in [7, 11) is 1.68. The number of nitrogen functional groups attached to an aromatic ring is 1. The molecule has 0 bridgehead atoms. The highest BCUT2D eigenvalue weighted by Crippen LogP contribution is 2.38. The van der Waals surface area contributed by atoms with Crippen molar-refractivity contribution in [1.82, 2.24) is 4.90 Å². The van der Waals surface area contributed by atoms with E-state index in [1.165, 1.54) is 12.1 Å². The Morgan fingerprint density at radius 3 is 2.71 bits per heavy atom. The van der Waals surface area contributed by atoms with E-state index >= 15 is 0 Å². The number of hydrogen-bond acceptors (Lipinski definition) is 5. The minimum Gasteiger partial charge on any atom is -0.341 e. The van der Waals surface area contributed by atoms with Gasteiger partial charge in [-0.1, -0.05) is 18.5 Å². The number of anilines is 1. The summed E-state index contributed by atoms with van der Waals surface area (Å²) in [5, 5.41) is 11.1. The van der Waals surface area contributed by atoms with Gasteiger partial charge in [-0.25, -0.2) is 0 Å². The Bertz CT molecular complexity index is 593. The number of hydrogen-bond donors (Lipinski definition) is 2. The van der Waals surface area contributed by atoms with Gasteiger partial charge < -0.3 is 10.3 Å². The fourth-order valence-electron chi connectivity index (χ4n) is 2.31. The lowest BCUT2D eigenvalue weighted by molar-refractivity contribution is -0.384. The molecule has 0 heterocycles. The maximum Gasteiger partial charge on any atom is 0.295 e. The zero-order chi connectivity index (χ0) is 15.7. The Morgan fingerprint density at radius 2 is 2.24 bits per heavy atom. The zero-order valence-electron chi connectivity index (χ0n) is 11.8. The summed E-state index contributed by atoms with van der Waals surface area (Å²) < 4.78 is 0. The molecule has 0 saturated heterocycles. The minimum atomic E-state index is -0.624. The van der Waals surface area contributed by atoms with Gasteiger partial charge in [0.1, 0.15) is 5.69 Å². The van der Waals surface area contributed by atoms with Crippen LogP contribution >= 0.6 is 11.6 Å². The fraction of sp³-hybridized carbons (Fsp3) is 0.462. The lowest BCUT2D eigenvalue weighted by Gasteiger charge is -2.17. The van der Waals surface area contributed by atoms with Gasteiger partial charge in [0.25, 0.3) is 11.6 Å². The monoisotopic (exact) mass is 312 g/mol. The Balaban J connectivity index is 2.26. The molecule has 0 spiro atoms. The number of nitrogens with zero attached hydrogens (tertiary/aromatic N) is 2. The molecule has 7 nitrogen and oxygen atoms in total. The third-order valence-corrected chi connectivity index (χ3v) is 4.09. The van der Waals surface area contributed by atoms with E-state index in [0.29, 0.717) is 18.4 Å². The molecule has 114 valence electrons. The summed E-state index contributed by atoms with van der Waals surface area (Å²) in [6.45, 7) is 2.77. The average Bonchev–Trinajstić information content (AvgIpc) is 3.11. The quantitative estimate of drug-likeness (QED) is 0.493. The Kier molecular flexibility index (Phi) is 4.34. The van der Waals surface area contributed by atoms with E-state index in [2.05, 4.69) is 12.3 Å². The molecule has 0 radical (unpaired) electrons. The van der Waals surface area contributed by atoms with Crippen molar-refractivity contribution in [3.05, 3.63) is 32.8 Å². The number of nitrogens with two attached hydrogens (primary N) is 1. The Morgan fingerprint density at radius 1 is 1.62 bits per heavy atom. The van der Waals surface area contributed by atoms with Crippen molar-refractivity contribution in [1.29, 1.82) is 0 Å². The van der Waals surface area contributed by atoms with Gasteiger partial charge in [-0.15, -0.1) is 0 Å². The summed E-state index contributed by atoms with van der Waals surface area (Å²) in [5.41, 5.74) is 2.05. The molecule has 1 aliphatic rings. The number of benzene rings is 1. The van der Waals surface area contributed by atoms with E-state index in [4.69, 9.17) is 17.4 Å². The second-order valence-electron chi connectivity index (χ2n) is 5.41. The molecule has 0 aliphatic heterocycles. The van der Waals surface area contributed by atoms with Crippen molar-refractivity contribution in [2.45, 2.75) is 13.3 Å². The molecule has 1 aromatic rings. The molecule has 1 fully saturated rings. The molecule has 21 heavy (non-hydrogen) atoms. The van der Waals surface area contributed by atoms with Crippen LogP contribution in [0.5, 0.6) is 0 Å². The summed E-state index contributed by atoms with van der Waals surface area (Å²) >= 11 is 5.95.